The molecule has 2 rings (SSSR count). The van der Waals surface area contributed by atoms with Gasteiger partial charge in [-0.3, -0.25) is 9.69 Å². The van der Waals surface area contributed by atoms with E-state index >= 15 is 0 Å². The number of halogens is 4. The summed E-state index contributed by atoms with van der Waals surface area (Å²) in [5.74, 6) is -0.282. The summed E-state index contributed by atoms with van der Waals surface area (Å²) < 4.78 is 36.9. The highest BCUT2D eigenvalue weighted by Crippen LogP contribution is 2.21. The van der Waals surface area contributed by atoms with Gasteiger partial charge in [0.25, 0.3) is 5.91 Å². The molecule has 1 aromatic rings. The fourth-order valence-corrected chi connectivity index (χ4v) is 2.44. The van der Waals surface area contributed by atoms with Gasteiger partial charge in [-0.05, 0) is 18.2 Å². The minimum atomic E-state index is -4.22. The molecule has 1 aromatic carbocycles. The Kier molecular flexibility index (Phi) is 4.63. The third-order valence-corrected chi connectivity index (χ3v) is 3.54. The zero-order valence-corrected chi connectivity index (χ0v) is 11.9. The number of carbonyl (C=O) groups is 1. The summed E-state index contributed by atoms with van der Waals surface area (Å²) in [6.07, 6.45) is -4.22. The number of alkyl halides is 3. The van der Waals surface area contributed by atoms with E-state index in [1.807, 2.05) is 0 Å². The lowest BCUT2D eigenvalue weighted by molar-refractivity contribution is -0.148. The van der Waals surface area contributed by atoms with Gasteiger partial charge in [-0.2, -0.15) is 13.2 Å². The lowest BCUT2D eigenvalue weighted by atomic mass is 10.1. The Balaban J connectivity index is 1.97. The molecule has 116 valence electrons. The number of nitrogens with two attached hydrogens (primary N) is 1. The molecule has 4 nitrogen and oxygen atoms in total. The number of anilines is 1. The number of nitrogens with zero attached hydrogens (tertiary/aromatic N) is 2. The second-order valence-corrected chi connectivity index (χ2v) is 5.35. The molecule has 1 heterocycles. The van der Waals surface area contributed by atoms with E-state index < -0.39 is 12.7 Å². The Bertz CT molecular complexity index is 528. The van der Waals surface area contributed by atoms with E-state index in [1.165, 1.54) is 21.9 Å². The number of nitrogen functional groups attached to an aromatic ring is 1. The van der Waals surface area contributed by atoms with Gasteiger partial charge in [0.2, 0.25) is 0 Å². The summed E-state index contributed by atoms with van der Waals surface area (Å²) in [6, 6.07) is 4.57. The first-order valence-corrected chi connectivity index (χ1v) is 6.77. The number of benzene rings is 1. The summed E-state index contributed by atoms with van der Waals surface area (Å²) in [5.41, 5.74) is 6.34. The van der Waals surface area contributed by atoms with Crippen LogP contribution in [0.3, 0.4) is 0 Å². The molecule has 0 atom stereocenters. The normalized spacial score (nSPS) is 17.0. The highest BCUT2D eigenvalue weighted by molar-refractivity contribution is 6.31. The SMILES string of the molecule is Nc1cc(Cl)ccc1C(=O)N1CCN(CC(F)(F)F)CC1. The number of amides is 1. The molecule has 1 saturated heterocycles. The molecule has 21 heavy (non-hydrogen) atoms. The number of hydrogen-bond acceptors (Lipinski definition) is 3. The largest absolute Gasteiger partial charge is 0.401 e. The average Bonchev–Trinajstić information content (AvgIpc) is 2.37. The molecule has 0 saturated carbocycles. The zero-order valence-electron chi connectivity index (χ0n) is 11.2. The van der Waals surface area contributed by atoms with Crippen molar-refractivity contribution in [2.45, 2.75) is 6.18 Å². The van der Waals surface area contributed by atoms with E-state index in [9.17, 15) is 18.0 Å². The summed E-state index contributed by atoms with van der Waals surface area (Å²) >= 11 is 5.77. The minimum Gasteiger partial charge on any atom is -0.398 e. The van der Waals surface area contributed by atoms with Crippen molar-refractivity contribution in [2.24, 2.45) is 0 Å². The van der Waals surface area contributed by atoms with Crippen LogP contribution in [0.1, 0.15) is 10.4 Å². The van der Waals surface area contributed by atoms with Crippen LogP contribution in [0.25, 0.3) is 0 Å². The van der Waals surface area contributed by atoms with E-state index in [0.717, 1.165) is 0 Å². The van der Waals surface area contributed by atoms with Crippen LogP contribution in [0.2, 0.25) is 5.02 Å². The fraction of sp³-hybridized carbons (Fsp3) is 0.462. The maximum Gasteiger partial charge on any atom is 0.401 e. The fourth-order valence-electron chi connectivity index (χ4n) is 2.26. The van der Waals surface area contributed by atoms with E-state index in [1.54, 1.807) is 6.07 Å². The van der Waals surface area contributed by atoms with Gasteiger partial charge < -0.3 is 10.6 Å². The van der Waals surface area contributed by atoms with Crippen LogP contribution in [0.4, 0.5) is 18.9 Å². The van der Waals surface area contributed by atoms with E-state index in [0.29, 0.717) is 10.6 Å². The minimum absolute atomic E-state index is 0.193. The van der Waals surface area contributed by atoms with Crippen molar-refractivity contribution in [3.8, 4) is 0 Å². The molecule has 0 bridgehead atoms. The molecule has 0 aromatic heterocycles. The first-order chi connectivity index (χ1) is 9.76. The standard InChI is InChI=1S/C13H15ClF3N3O/c14-9-1-2-10(11(18)7-9)12(21)20-5-3-19(4-6-20)8-13(15,16)17/h1-2,7H,3-6,8,18H2. The van der Waals surface area contributed by atoms with Gasteiger partial charge >= 0.3 is 6.18 Å². The van der Waals surface area contributed by atoms with Crippen LogP contribution in [0.5, 0.6) is 0 Å². The van der Waals surface area contributed by atoms with Crippen LogP contribution < -0.4 is 5.73 Å². The predicted octanol–water partition coefficient (Wildman–Crippen LogP) is 2.24. The van der Waals surface area contributed by atoms with Gasteiger partial charge in [0.15, 0.2) is 0 Å². The van der Waals surface area contributed by atoms with E-state index in [-0.39, 0.29) is 37.8 Å². The van der Waals surface area contributed by atoms with E-state index in [4.69, 9.17) is 17.3 Å². The number of carbonyl (C=O) groups excluding carboxylic acids is 1. The molecule has 1 fully saturated rings. The summed E-state index contributed by atoms with van der Waals surface area (Å²) in [6.45, 7) is -0.0659. The van der Waals surface area contributed by atoms with Crippen LogP contribution in [0.15, 0.2) is 18.2 Å². The van der Waals surface area contributed by atoms with Crippen molar-refractivity contribution in [3.63, 3.8) is 0 Å². The second kappa shape index (κ2) is 6.11. The molecule has 0 radical (unpaired) electrons. The zero-order chi connectivity index (χ0) is 15.6. The van der Waals surface area contributed by atoms with Crippen molar-refractivity contribution < 1.29 is 18.0 Å². The molecular weight excluding hydrogens is 307 g/mol. The molecule has 0 spiro atoms. The molecule has 0 unspecified atom stereocenters. The monoisotopic (exact) mass is 321 g/mol. The summed E-state index contributed by atoms with van der Waals surface area (Å²) in [5, 5.41) is 0.430. The quantitative estimate of drug-likeness (QED) is 0.850. The van der Waals surface area contributed by atoms with Crippen molar-refractivity contribution in [2.75, 3.05) is 38.5 Å². The van der Waals surface area contributed by atoms with Gasteiger partial charge in [-0.25, -0.2) is 0 Å². The van der Waals surface area contributed by atoms with Crippen LogP contribution in [-0.4, -0.2) is 54.6 Å². The van der Waals surface area contributed by atoms with Gasteiger partial charge in [-0.15, -0.1) is 0 Å². The van der Waals surface area contributed by atoms with Gasteiger partial charge in [0.05, 0.1) is 12.1 Å². The lowest BCUT2D eigenvalue weighted by Gasteiger charge is -2.35. The Morgan fingerprint density at radius 2 is 1.86 bits per heavy atom. The molecular formula is C13H15ClF3N3O. The first kappa shape index (κ1) is 15.9. The summed E-state index contributed by atoms with van der Waals surface area (Å²) in [4.78, 5) is 15.1. The molecule has 1 aliphatic heterocycles. The maximum atomic E-state index is 12.3. The predicted molar refractivity (Wildman–Crippen MR) is 74.3 cm³/mol. The molecule has 1 aliphatic rings. The highest BCUT2D eigenvalue weighted by atomic mass is 35.5. The Morgan fingerprint density at radius 3 is 2.38 bits per heavy atom. The van der Waals surface area contributed by atoms with Crippen molar-refractivity contribution in [1.29, 1.82) is 0 Å². The first-order valence-electron chi connectivity index (χ1n) is 6.40. The molecule has 1 amide bonds. The molecule has 8 heteroatoms. The number of piperazine rings is 1. The third-order valence-electron chi connectivity index (χ3n) is 3.31. The van der Waals surface area contributed by atoms with Crippen molar-refractivity contribution >= 4 is 23.2 Å². The van der Waals surface area contributed by atoms with Gasteiger partial charge in [-0.1, -0.05) is 11.6 Å². The maximum absolute atomic E-state index is 12.3. The third kappa shape index (κ3) is 4.25. The van der Waals surface area contributed by atoms with Crippen LogP contribution >= 0.6 is 11.6 Å². The molecule has 0 aliphatic carbocycles. The van der Waals surface area contributed by atoms with Crippen molar-refractivity contribution in [1.82, 2.24) is 9.80 Å². The topological polar surface area (TPSA) is 49.6 Å². The smallest absolute Gasteiger partial charge is 0.398 e. The molecule has 2 N–H and O–H groups in total. The Labute approximate surface area is 125 Å². The van der Waals surface area contributed by atoms with Gasteiger partial charge in [0.1, 0.15) is 0 Å². The highest BCUT2D eigenvalue weighted by Gasteiger charge is 2.33. The Hall–Kier alpha value is -1.47. The average molecular weight is 322 g/mol. The summed E-state index contributed by atoms with van der Waals surface area (Å²) in [7, 11) is 0. The number of hydrogen-bond donors (Lipinski definition) is 1. The Morgan fingerprint density at radius 1 is 1.24 bits per heavy atom. The van der Waals surface area contributed by atoms with Crippen LogP contribution in [0, 0.1) is 0 Å². The van der Waals surface area contributed by atoms with E-state index in [2.05, 4.69) is 0 Å². The second-order valence-electron chi connectivity index (χ2n) is 4.92. The van der Waals surface area contributed by atoms with Crippen LogP contribution in [-0.2, 0) is 0 Å². The number of rotatable bonds is 2. The lowest BCUT2D eigenvalue weighted by Crippen LogP contribution is -2.51. The van der Waals surface area contributed by atoms with Crippen molar-refractivity contribution in [3.05, 3.63) is 28.8 Å². The van der Waals surface area contributed by atoms with Gasteiger partial charge in [0, 0.05) is 36.9 Å².